The lowest BCUT2D eigenvalue weighted by atomic mass is 9.67. The predicted molar refractivity (Wildman–Crippen MR) is 74.2 cm³/mol. The topological polar surface area (TPSA) is 12.0 Å². The van der Waals surface area contributed by atoms with Crippen LogP contribution in [0.2, 0.25) is 0 Å². The molecular formula is C16H23F2N. The number of likely N-dealkylation sites (N-methyl/N-ethyl adjacent to an activating group) is 1. The van der Waals surface area contributed by atoms with Crippen LogP contribution in [0.15, 0.2) is 18.2 Å². The van der Waals surface area contributed by atoms with Gasteiger partial charge < -0.3 is 5.32 Å². The molecule has 0 aliphatic heterocycles. The number of rotatable bonds is 4. The van der Waals surface area contributed by atoms with Gasteiger partial charge in [0.15, 0.2) is 0 Å². The molecule has 1 aromatic rings. The molecular weight excluding hydrogens is 244 g/mol. The molecule has 1 aromatic carbocycles. The van der Waals surface area contributed by atoms with E-state index in [9.17, 15) is 8.78 Å². The summed E-state index contributed by atoms with van der Waals surface area (Å²) in [6, 6.07) is 3.97. The number of halogens is 2. The minimum atomic E-state index is -0.468. The van der Waals surface area contributed by atoms with E-state index in [0.717, 1.165) is 50.4 Å². The Balaban J connectivity index is 2.30. The molecule has 1 nitrogen and oxygen atoms in total. The molecule has 1 aliphatic carbocycles. The summed E-state index contributed by atoms with van der Waals surface area (Å²) in [5.74, 6) is -0.220. The van der Waals surface area contributed by atoms with Gasteiger partial charge in [-0.05, 0) is 55.8 Å². The van der Waals surface area contributed by atoms with Crippen molar-refractivity contribution in [1.29, 1.82) is 0 Å². The highest BCUT2D eigenvalue weighted by Gasteiger charge is 2.36. The van der Waals surface area contributed by atoms with Gasteiger partial charge in [0.05, 0.1) is 0 Å². The highest BCUT2D eigenvalue weighted by molar-refractivity contribution is 5.28. The SMILES string of the molecule is CCNCC1(c2cc(F)cc(F)c2)CCC(C)CC1. The minimum Gasteiger partial charge on any atom is -0.316 e. The molecule has 0 saturated heterocycles. The molecule has 1 N–H and O–H groups in total. The maximum Gasteiger partial charge on any atom is 0.126 e. The quantitative estimate of drug-likeness (QED) is 0.868. The summed E-state index contributed by atoms with van der Waals surface area (Å²) >= 11 is 0. The van der Waals surface area contributed by atoms with Crippen LogP contribution in [-0.4, -0.2) is 13.1 Å². The lowest BCUT2D eigenvalue weighted by molar-refractivity contribution is 0.233. The zero-order chi connectivity index (χ0) is 13.9. The normalized spacial score (nSPS) is 27.5. The standard InChI is InChI=1S/C16H23F2N/c1-3-19-11-16(6-4-12(2)5-7-16)13-8-14(17)10-15(18)9-13/h8-10,12,19H,3-7,11H2,1-2H3. The molecule has 1 aliphatic rings. The van der Waals surface area contributed by atoms with Crippen molar-refractivity contribution in [3.8, 4) is 0 Å². The Morgan fingerprint density at radius 2 is 1.74 bits per heavy atom. The molecule has 0 amide bonds. The summed E-state index contributed by atoms with van der Waals surface area (Å²) in [5, 5.41) is 3.37. The number of hydrogen-bond donors (Lipinski definition) is 1. The molecule has 0 aromatic heterocycles. The average Bonchev–Trinajstić information content (AvgIpc) is 2.37. The summed E-state index contributed by atoms with van der Waals surface area (Å²) in [5.41, 5.74) is 0.712. The van der Waals surface area contributed by atoms with E-state index in [-0.39, 0.29) is 5.41 Å². The molecule has 3 heteroatoms. The largest absolute Gasteiger partial charge is 0.316 e. The van der Waals surface area contributed by atoms with Crippen molar-refractivity contribution in [3.63, 3.8) is 0 Å². The van der Waals surface area contributed by atoms with Crippen LogP contribution < -0.4 is 5.32 Å². The molecule has 106 valence electrons. The fourth-order valence-electron chi connectivity index (χ4n) is 3.11. The maximum atomic E-state index is 13.5. The second kappa shape index (κ2) is 6.00. The van der Waals surface area contributed by atoms with Crippen molar-refractivity contribution in [2.24, 2.45) is 5.92 Å². The molecule has 1 saturated carbocycles. The number of nitrogens with one attached hydrogen (secondary N) is 1. The molecule has 0 spiro atoms. The Morgan fingerprint density at radius 3 is 2.26 bits per heavy atom. The van der Waals surface area contributed by atoms with Crippen molar-refractivity contribution in [1.82, 2.24) is 5.32 Å². The van der Waals surface area contributed by atoms with Crippen LogP contribution in [0.5, 0.6) is 0 Å². The predicted octanol–water partition coefficient (Wildman–Crippen LogP) is 4.02. The van der Waals surface area contributed by atoms with Crippen molar-refractivity contribution in [2.75, 3.05) is 13.1 Å². The van der Waals surface area contributed by atoms with E-state index in [1.807, 2.05) is 0 Å². The minimum absolute atomic E-state index is 0.106. The second-order valence-corrected chi connectivity index (χ2v) is 5.90. The van der Waals surface area contributed by atoms with Crippen LogP contribution in [0.4, 0.5) is 8.78 Å². The molecule has 0 bridgehead atoms. The molecule has 2 rings (SSSR count). The Bertz CT molecular complexity index is 397. The maximum absolute atomic E-state index is 13.5. The lowest BCUT2D eigenvalue weighted by Crippen LogP contribution is -2.41. The Kier molecular flexibility index (Phi) is 4.56. The molecule has 0 heterocycles. The molecule has 1 fully saturated rings. The third-order valence-electron chi connectivity index (χ3n) is 4.42. The number of benzene rings is 1. The van der Waals surface area contributed by atoms with Crippen LogP contribution in [-0.2, 0) is 5.41 Å². The molecule has 19 heavy (non-hydrogen) atoms. The van der Waals surface area contributed by atoms with Gasteiger partial charge in [0, 0.05) is 18.0 Å². The smallest absolute Gasteiger partial charge is 0.126 e. The fraction of sp³-hybridized carbons (Fsp3) is 0.625. The van der Waals surface area contributed by atoms with Crippen molar-refractivity contribution in [2.45, 2.75) is 44.9 Å². The van der Waals surface area contributed by atoms with Gasteiger partial charge in [-0.2, -0.15) is 0 Å². The third kappa shape index (κ3) is 3.33. The van der Waals surface area contributed by atoms with Gasteiger partial charge in [-0.1, -0.05) is 13.8 Å². The summed E-state index contributed by atoms with van der Waals surface area (Å²) < 4.78 is 27.0. The van der Waals surface area contributed by atoms with Crippen LogP contribution in [0.3, 0.4) is 0 Å². The average molecular weight is 267 g/mol. The highest BCUT2D eigenvalue weighted by Crippen LogP contribution is 2.41. The highest BCUT2D eigenvalue weighted by atomic mass is 19.1. The fourth-order valence-corrected chi connectivity index (χ4v) is 3.11. The van der Waals surface area contributed by atoms with Crippen LogP contribution >= 0.6 is 0 Å². The monoisotopic (exact) mass is 267 g/mol. The van der Waals surface area contributed by atoms with Crippen LogP contribution in [0.25, 0.3) is 0 Å². The van der Waals surface area contributed by atoms with Gasteiger partial charge in [-0.3, -0.25) is 0 Å². The zero-order valence-corrected chi connectivity index (χ0v) is 11.8. The van der Waals surface area contributed by atoms with Gasteiger partial charge in [-0.25, -0.2) is 8.78 Å². The summed E-state index contributed by atoms with van der Waals surface area (Å²) in [7, 11) is 0. The van der Waals surface area contributed by atoms with E-state index in [4.69, 9.17) is 0 Å². The van der Waals surface area contributed by atoms with Crippen LogP contribution in [0.1, 0.15) is 45.1 Å². The van der Waals surface area contributed by atoms with E-state index >= 15 is 0 Å². The Morgan fingerprint density at radius 1 is 1.16 bits per heavy atom. The van der Waals surface area contributed by atoms with Crippen molar-refractivity contribution >= 4 is 0 Å². The zero-order valence-electron chi connectivity index (χ0n) is 11.8. The van der Waals surface area contributed by atoms with Crippen molar-refractivity contribution in [3.05, 3.63) is 35.4 Å². The number of hydrogen-bond acceptors (Lipinski definition) is 1. The van der Waals surface area contributed by atoms with Gasteiger partial charge in [0.2, 0.25) is 0 Å². The van der Waals surface area contributed by atoms with Gasteiger partial charge in [0.1, 0.15) is 11.6 Å². The first-order valence-electron chi connectivity index (χ1n) is 7.23. The summed E-state index contributed by atoms with van der Waals surface area (Å²) in [6.45, 7) is 6.00. The molecule has 0 atom stereocenters. The molecule has 0 radical (unpaired) electrons. The summed E-state index contributed by atoms with van der Waals surface area (Å²) in [6.07, 6.45) is 4.27. The Hall–Kier alpha value is -0.960. The van der Waals surface area contributed by atoms with E-state index in [1.54, 1.807) is 0 Å². The van der Waals surface area contributed by atoms with E-state index in [1.165, 1.54) is 12.1 Å². The van der Waals surface area contributed by atoms with Crippen molar-refractivity contribution < 1.29 is 8.78 Å². The first kappa shape index (κ1) is 14.4. The third-order valence-corrected chi connectivity index (χ3v) is 4.42. The van der Waals surface area contributed by atoms with Gasteiger partial charge in [-0.15, -0.1) is 0 Å². The summed E-state index contributed by atoms with van der Waals surface area (Å²) in [4.78, 5) is 0. The first-order chi connectivity index (χ1) is 9.05. The van der Waals surface area contributed by atoms with Gasteiger partial charge in [0.25, 0.3) is 0 Å². The van der Waals surface area contributed by atoms with E-state index in [0.29, 0.717) is 5.92 Å². The van der Waals surface area contributed by atoms with E-state index < -0.39 is 11.6 Å². The van der Waals surface area contributed by atoms with Crippen LogP contribution in [0, 0.1) is 17.6 Å². The lowest BCUT2D eigenvalue weighted by Gasteiger charge is -2.40. The van der Waals surface area contributed by atoms with E-state index in [2.05, 4.69) is 19.2 Å². The first-order valence-corrected chi connectivity index (χ1v) is 7.23. The molecule has 0 unspecified atom stereocenters. The Labute approximate surface area is 114 Å². The second-order valence-electron chi connectivity index (χ2n) is 5.90. The van der Waals surface area contributed by atoms with Gasteiger partial charge >= 0.3 is 0 Å².